The number of hydrogen-bond acceptors (Lipinski definition) is 3. The predicted octanol–water partition coefficient (Wildman–Crippen LogP) is 5.76. The fourth-order valence-corrected chi connectivity index (χ4v) is 3.25. The van der Waals surface area contributed by atoms with E-state index in [-0.39, 0.29) is 24.1 Å². The van der Waals surface area contributed by atoms with Gasteiger partial charge in [0.2, 0.25) is 0 Å². The zero-order valence-corrected chi connectivity index (χ0v) is 17.6. The molecule has 2 N–H and O–H groups in total. The van der Waals surface area contributed by atoms with Crippen LogP contribution in [0.25, 0.3) is 0 Å². The second-order valence-electron chi connectivity index (χ2n) is 6.68. The van der Waals surface area contributed by atoms with Crippen molar-refractivity contribution < 1.29 is 19.4 Å². The van der Waals surface area contributed by atoms with Crippen LogP contribution >= 0.6 is 23.2 Å². The molecule has 0 bridgehead atoms. The Morgan fingerprint density at radius 3 is 2.37 bits per heavy atom. The summed E-state index contributed by atoms with van der Waals surface area (Å²) in [5, 5.41) is 12.9. The fraction of sp³-hybridized carbons (Fsp3) is 0.130. The normalized spacial score (nSPS) is 11.6. The van der Waals surface area contributed by atoms with Crippen LogP contribution in [0.5, 0.6) is 5.75 Å². The summed E-state index contributed by atoms with van der Waals surface area (Å²) in [6.45, 7) is 2.05. The molecule has 30 heavy (non-hydrogen) atoms. The van der Waals surface area contributed by atoms with Crippen LogP contribution in [0.3, 0.4) is 0 Å². The van der Waals surface area contributed by atoms with Crippen LogP contribution in [0.1, 0.15) is 44.8 Å². The SMILES string of the molecule is C[C@H](NC(=O)c1cc(Cl)ccc1OCc1cccc(Cl)c1)c1ccc(C(=O)O)cc1. The maximum atomic E-state index is 12.9. The molecule has 154 valence electrons. The van der Waals surface area contributed by atoms with E-state index in [0.717, 1.165) is 11.1 Å². The predicted molar refractivity (Wildman–Crippen MR) is 117 cm³/mol. The third-order valence-electron chi connectivity index (χ3n) is 4.47. The van der Waals surface area contributed by atoms with E-state index in [1.54, 1.807) is 42.5 Å². The number of carbonyl (C=O) groups excluding carboxylic acids is 1. The molecule has 0 spiro atoms. The highest BCUT2D eigenvalue weighted by molar-refractivity contribution is 6.31. The lowest BCUT2D eigenvalue weighted by Gasteiger charge is -2.17. The summed E-state index contributed by atoms with van der Waals surface area (Å²) < 4.78 is 5.84. The Labute approximate surface area is 184 Å². The number of carbonyl (C=O) groups is 2. The van der Waals surface area contributed by atoms with Crippen molar-refractivity contribution in [3.63, 3.8) is 0 Å². The first-order valence-corrected chi connectivity index (χ1v) is 9.90. The van der Waals surface area contributed by atoms with Gasteiger partial charge in [-0.2, -0.15) is 0 Å². The van der Waals surface area contributed by atoms with Crippen LogP contribution in [-0.2, 0) is 6.61 Å². The average Bonchev–Trinajstić information content (AvgIpc) is 2.72. The number of carboxylic acids is 1. The first-order valence-electron chi connectivity index (χ1n) is 9.14. The minimum atomic E-state index is -1.00. The number of aromatic carboxylic acids is 1. The van der Waals surface area contributed by atoms with Gasteiger partial charge in [0.25, 0.3) is 5.91 Å². The van der Waals surface area contributed by atoms with Gasteiger partial charge in [-0.1, -0.05) is 47.5 Å². The summed E-state index contributed by atoms with van der Waals surface area (Å²) in [5.41, 5.74) is 2.13. The molecule has 0 saturated heterocycles. The van der Waals surface area contributed by atoms with E-state index in [2.05, 4.69) is 5.32 Å². The Kier molecular flexibility index (Phi) is 6.98. The molecule has 1 amide bonds. The molecule has 0 aliphatic carbocycles. The highest BCUT2D eigenvalue weighted by atomic mass is 35.5. The quantitative estimate of drug-likeness (QED) is 0.486. The Balaban J connectivity index is 1.74. The molecule has 7 heteroatoms. The zero-order chi connectivity index (χ0) is 21.7. The van der Waals surface area contributed by atoms with Gasteiger partial charge in [0.05, 0.1) is 17.2 Å². The largest absolute Gasteiger partial charge is 0.488 e. The van der Waals surface area contributed by atoms with E-state index >= 15 is 0 Å². The molecule has 0 heterocycles. The van der Waals surface area contributed by atoms with Crippen molar-refractivity contribution in [1.82, 2.24) is 5.32 Å². The molecule has 3 aromatic rings. The first kappa shape index (κ1) is 21.7. The molecule has 0 radical (unpaired) electrons. The molecule has 5 nitrogen and oxygen atoms in total. The van der Waals surface area contributed by atoms with Crippen molar-refractivity contribution in [2.24, 2.45) is 0 Å². The number of carboxylic acid groups (broad SMARTS) is 1. The van der Waals surface area contributed by atoms with Crippen LogP contribution in [0.2, 0.25) is 10.0 Å². The summed E-state index contributed by atoms with van der Waals surface area (Å²) >= 11 is 12.1. The van der Waals surface area contributed by atoms with Crippen molar-refractivity contribution in [2.75, 3.05) is 0 Å². The Hall–Kier alpha value is -3.02. The monoisotopic (exact) mass is 443 g/mol. The van der Waals surface area contributed by atoms with E-state index in [9.17, 15) is 9.59 Å². The zero-order valence-electron chi connectivity index (χ0n) is 16.1. The smallest absolute Gasteiger partial charge is 0.335 e. The maximum absolute atomic E-state index is 12.9. The van der Waals surface area contributed by atoms with Crippen molar-refractivity contribution in [1.29, 1.82) is 0 Å². The van der Waals surface area contributed by atoms with E-state index in [1.807, 2.05) is 19.1 Å². The molecule has 3 aromatic carbocycles. The van der Waals surface area contributed by atoms with Gasteiger partial charge in [-0.25, -0.2) is 4.79 Å². The second-order valence-corrected chi connectivity index (χ2v) is 7.55. The van der Waals surface area contributed by atoms with Crippen LogP contribution in [0, 0.1) is 0 Å². The number of amides is 1. The highest BCUT2D eigenvalue weighted by Gasteiger charge is 2.17. The second kappa shape index (κ2) is 9.65. The van der Waals surface area contributed by atoms with Gasteiger partial charge >= 0.3 is 5.97 Å². The van der Waals surface area contributed by atoms with E-state index < -0.39 is 5.97 Å². The number of hydrogen-bond donors (Lipinski definition) is 2. The Morgan fingerprint density at radius 1 is 1.00 bits per heavy atom. The van der Waals surface area contributed by atoms with Crippen molar-refractivity contribution in [3.8, 4) is 5.75 Å². The van der Waals surface area contributed by atoms with Gasteiger partial charge < -0.3 is 15.2 Å². The third kappa shape index (κ3) is 5.53. The lowest BCUT2D eigenvalue weighted by Crippen LogP contribution is -2.27. The van der Waals surface area contributed by atoms with E-state index in [1.165, 1.54) is 12.1 Å². The van der Waals surface area contributed by atoms with Crippen molar-refractivity contribution in [3.05, 3.63) is 99.0 Å². The van der Waals surface area contributed by atoms with E-state index in [0.29, 0.717) is 21.4 Å². The molecule has 0 saturated carbocycles. The molecule has 0 aliphatic rings. The molecule has 0 aliphatic heterocycles. The van der Waals surface area contributed by atoms with Gasteiger partial charge in [0, 0.05) is 10.0 Å². The number of ether oxygens (including phenoxy) is 1. The van der Waals surface area contributed by atoms with Crippen LogP contribution < -0.4 is 10.1 Å². The lowest BCUT2D eigenvalue weighted by atomic mass is 10.1. The number of halogens is 2. The molecular weight excluding hydrogens is 425 g/mol. The lowest BCUT2D eigenvalue weighted by molar-refractivity contribution is 0.0696. The van der Waals surface area contributed by atoms with E-state index in [4.69, 9.17) is 33.0 Å². The molecule has 1 atom stereocenters. The topological polar surface area (TPSA) is 75.6 Å². The molecule has 3 rings (SSSR count). The number of rotatable bonds is 7. The Bertz CT molecular complexity index is 1070. The molecule has 0 fully saturated rings. The van der Waals surface area contributed by atoms with Crippen molar-refractivity contribution >= 4 is 35.1 Å². The summed E-state index contributed by atoms with van der Waals surface area (Å²) in [4.78, 5) is 23.9. The van der Waals surface area contributed by atoms with Gasteiger partial charge in [-0.3, -0.25) is 4.79 Å². The third-order valence-corrected chi connectivity index (χ3v) is 4.95. The summed E-state index contributed by atoms with van der Waals surface area (Å²) in [7, 11) is 0. The van der Waals surface area contributed by atoms with Crippen LogP contribution in [-0.4, -0.2) is 17.0 Å². The minimum Gasteiger partial charge on any atom is -0.488 e. The van der Waals surface area contributed by atoms with Crippen molar-refractivity contribution in [2.45, 2.75) is 19.6 Å². The molecule has 0 aromatic heterocycles. The van der Waals surface area contributed by atoms with Gasteiger partial charge in [-0.05, 0) is 60.5 Å². The maximum Gasteiger partial charge on any atom is 0.335 e. The summed E-state index contributed by atoms with van der Waals surface area (Å²) in [6.07, 6.45) is 0. The van der Waals surface area contributed by atoms with Crippen LogP contribution in [0.15, 0.2) is 66.7 Å². The van der Waals surface area contributed by atoms with Gasteiger partial charge in [0.1, 0.15) is 12.4 Å². The summed E-state index contributed by atoms with van der Waals surface area (Å²) in [5.74, 6) is -0.961. The van der Waals surface area contributed by atoms with Crippen LogP contribution in [0.4, 0.5) is 0 Å². The van der Waals surface area contributed by atoms with Gasteiger partial charge in [0.15, 0.2) is 0 Å². The summed E-state index contributed by atoms with van der Waals surface area (Å²) in [6, 6.07) is 18.1. The average molecular weight is 444 g/mol. The number of benzene rings is 3. The fourth-order valence-electron chi connectivity index (χ4n) is 2.87. The highest BCUT2D eigenvalue weighted by Crippen LogP contribution is 2.25. The van der Waals surface area contributed by atoms with Gasteiger partial charge in [-0.15, -0.1) is 0 Å². The standard InChI is InChI=1S/C23H19Cl2NO4/c1-14(16-5-7-17(8-6-16)23(28)29)26-22(27)20-12-19(25)9-10-21(20)30-13-15-3-2-4-18(24)11-15/h2-12,14H,13H2,1H3,(H,26,27)(H,28,29)/t14-/m0/s1. The molecule has 0 unspecified atom stereocenters. The Morgan fingerprint density at radius 2 is 1.70 bits per heavy atom. The minimum absolute atomic E-state index is 0.184. The number of nitrogens with one attached hydrogen (secondary N) is 1. The first-order chi connectivity index (χ1) is 14.3. The molecular formula is C23H19Cl2NO4.